The minimum absolute atomic E-state index is 0.0103. The van der Waals surface area contributed by atoms with E-state index in [1.165, 1.54) is 25.7 Å². The highest BCUT2D eigenvalue weighted by Gasteiger charge is 2.28. The quantitative estimate of drug-likeness (QED) is 0.638. The molecule has 4 N–H and O–H groups in total. The van der Waals surface area contributed by atoms with Gasteiger partial charge in [0, 0.05) is 30.6 Å². The Labute approximate surface area is 167 Å². The zero-order valence-electron chi connectivity index (χ0n) is 16.6. The highest BCUT2D eigenvalue weighted by atomic mass is 16.5. The molecule has 0 heterocycles. The van der Waals surface area contributed by atoms with Crippen LogP contribution in [0.3, 0.4) is 0 Å². The second-order valence-electron chi connectivity index (χ2n) is 8.12. The Morgan fingerprint density at radius 1 is 1.00 bits per heavy atom. The van der Waals surface area contributed by atoms with E-state index in [9.17, 15) is 9.59 Å². The van der Waals surface area contributed by atoms with Crippen LogP contribution in [0.25, 0.3) is 0 Å². The molecule has 0 atom stereocenters. The second-order valence-corrected chi connectivity index (χ2v) is 8.12. The number of ether oxygens (including phenoxy) is 1. The molecule has 1 aromatic rings. The molecule has 0 saturated heterocycles. The van der Waals surface area contributed by atoms with Crippen molar-refractivity contribution in [3.05, 3.63) is 24.3 Å². The van der Waals surface area contributed by atoms with Gasteiger partial charge in [-0.05, 0) is 68.7 Å². The predicted octanol–water partition coefficient (Wildman–Crippen LogP) is 3.22. The Morgan fingerprint density at radius 3 is 2.32 bits per heavy atom. The van der Waals surface area contributed by atoms with Crippen LogP contribution in [0.15, 0.2) is 24.3 Å². The Bertz CT molecular complexity index is 633. The van der Waals surface area contributed by atoms with E-state index in [0.29, 0.717) is 25.5 Å². The van der Waals surface area contributed by atoms with Gasteiger partial charge in [-0.25, -0.2) is 0 Å². The number of amides is 2. The summed E-state index contributed by atoms with van der Waals surface area (Å²) < 4.78 is 5.44. The molecule has 0 spiro atoms. The lowest BCUT2D eigenvalue weighted by Crippen LogP contribution is -2.40. The Balaban J connectivity index is 1.37. The number of hydrogen-bond donors (Lipinski definition) is 3. The van der Waals surface area contributed by atoms with Crippen LogP contribution in [-0.2, 0) is 9.59 Å². The van der Waals surface area contributed by atoms with Crippen molar-refractivity contribution in [1.29, 1.82) is 0 Å². The van der Waals surface area contributed by atoms with Crippen molar-refractivity contribution in [3.8, 4) is 5.75 Å². The number of rotatable bonds is 8. The summed E-state index contributed by atoms with van der Waals surface area (Å²) in [6.45, 7) is 0.953. The van der Waals surface area contributed by atoms with Crippen LogP contribution in [0.5, 0.6) is 5.75 Å². The Hall–Kier alpha value is -2.08. The fraction of sp³-hybridized carbons (Fsp3) is 0.636. The number of nitrogens with one attached hydrogen (secondary N) is 2. The molecule has 0 aromatic heterocycles. The van der Waals surface area contributed by atoms with Gasteiger partial charge in [0.25, 0.3) is 0 Å². The highest BCUT2D eigenvalue weighted by molar-refractivity contribution is 5.92. The molecule has 0 aliphatic heterocycles. The summed E-state index contributed by atoms with van der Waals surface area (Å²) in [6, 6.07) is 7.58. The van der Waals surface area contributed by atoms with Crippen LogP contribution in [0.4, 0.5) is 5.69 Å². The molecule has 2 aliphatic rings. The third-order valence-corrected chi connectivity index (χ3v) is 5.92. The van der Waals surface area contributed by atoms with Crippen LogP contribution >= 0.6 is 0 Å². The van der Waals surface area contributed by atoms with E-state index in [4.69, 9.17) is 10.5 Å². The summed E-state index contributed by atoms with van der Waals surface area (Å²) in [6.07, 6.45) is 8.98. The molecule has 154 valence electrons. The van der Waals surface area contributed by atoms with E-state index in [1.54, 1.807) is 0 Å². The summed E-state index contributed by atoms with van der Waals surface area (Å²) in [5.41, 5.74) is 6.20. The Morgan fingerprint density at radius 2 is 1.68 bits per heavy atom. The molecule has 0 radical (unpaired) electrons. The first kappa shape index (κ1) is 20.6. The van der Waals surface area contributed by atoms with Crippen molar-refractivity contribution < 1.29 is 14.3 Å². The van der Waals surface area contributed by atoms with Crippen molar-refractivity contribution in [2.75, 3.05) is 18.5 Å². The second kappa shape index (κ2) is 10.5. The molecule has 28 heavy (non-hydrogen) atoms. The lowest BCUT2D eigenvalue weighted by molar-refractivity contribution is -0.123. The van der Waals surface area contributed by atoms with E-state index in [1.807, 2.05) is 24.3 Å². The molecule has 6 heteroatoms. The summed E-state index contributed by atoms with van der Waals surface area (Å²) >= 11 is 0. The molecule has 2 fully saturated rings. The van der Waals surface area contributed by atoms with Crippen molar-refractivity contribution in [1.82, 2.24) is 5.32 Å². The third-order valence-electron chi connectivity index (χ3n) is 5.92. The van der Waals surface area contributed by atoms with Gasteiger partial charge < -0.3 is 21.1 Å². The standard InChI is InChI=1S/C22H33N3O3/c23-13-14-28-20-11-9-19(10-12-20)25-22(27)17-5-7-18(8-6-17)24-21(26)15-16-3-1-2-4-16/h9-12,16-18H,1-8,13-15,23H2,(H,24,26)(H,25,27). The summed E-state index contributed by atoms with van der Waals surface area (Å²) in [5.74, 6) is 1.59. The van der Waals surface area contributed by atoms with Gasteiger partial charge in [-0.2, -0.15) is 0 Å². The van der Waals surface area contributed by atoms with E-state index in [-0.39, 0.29) is 23.8 Å². The number of benzene rings is 1. The zero-order valence-corrected chi connectivity index (χ0v) is 16.6. The van der Waals surface area contributed by atoms with E-state index < -0.39 is 0 Å². The third kappa shape index (κ3) is 6.23. The van der Waals surface area contributed by atoms with Gasteiger partial charge in [-0.3, -0.25) is 9.59 Å². The molecule has 2 amide bonds. The van der Waals surface area contributed by atoms with E-state index >= 15 is 0 Å². The minimum Gasteiger partial charge on any atom is -0.492 e. The number of anilines is 1. The average molecular weight is 388 g/mol. The van der Waals surface area contributed by atoms with Crippen molar-refractivity contribution in [2.45, 2.75) is 63.8 Å². The maximum atomic E-state index is 12.5. The number of nitrogens with two attached hydrogens (primary N) is 1. The van der Waals surface area contributed by atoms with Crippen LogP contribution in [0.1, 0.15) is 57.8 Å². The van der Waals surface area contributed by atoms with Gasteiger partial charge >= 0.3 is 0 Å². The van der Waals surface area contributed by atoms with Gasteiger partial charge in [0.05, 0.1) is 0 Å². The van der Waals surface area contributed by atoms with Gasteiger partial charge in [-0.15, -0.1) is 0 Å². The maximum Gasteiger partial charge on any atom is 0.227 e. The fourth-order valence-corrected chi connectivity index (χ4v) is 4.32. The zero-order chi connectivity index (χ0) is 19.8. The normalized spacial score (nSPS) is 22.6. The van der Waals surface area contributed by atoms with Crippen LogP contribution in [0.2, 0.25) is 0 Å². The van der Waals surface area contributed by atoms with Gasteiger partial charge in [-0.1, -0.05) is 12.8 Å². The van der Waals surface area contributed by atoms with Crippen molar-refractivity contribution in [2.24, 2.45) is 17.6 Å². The highest BCUT2D eigenvalue weighted by Crippen LogP contribution is 2.29. The topological polar surface area (TPSA) is 93.4 Å². The molecule has 6 nitrogen and oxygen atoms in total. The number of carbonyl (C=O) groups excluding carboxylic acids is 2. The van der Waals surface area contributed by atoms with Crippen LogP contribution in [-0.4, -0.2) is 31.0 Å². The smallest absolute Gasteiger partial charge is 0.227 e. The molecule has 2 aliphatic carbocycles. The summed E-state index contributed by atoms with van der Waals surface area (Å²) in [5, 5.41) is 6.18. The summed E-state index contributed by atoms with van der Waals surface area (Å²) in [7, 11) is 0. The van der Waals surface area contributed by atoms with Crippen LogP contribution < -0.4 is 21.1 Å². The van der Waals surface area contributed by atoms with E-state index in [2.05, 4.69) is 10.6 Å². The number of hydrogen-bond acceptors (Lipinski definition) is 4. The Kier molecular flexibility index (Phi) is 7.71. The molecule has 0 unspecified atom stereocenters. The van der Waals surface area contributed by atoms with Crippen molar-refractivity contribution >= 4 is 17.5 Å². The molecule has 1 aromatic carbocycles. The first-order valence-electron chi connectivity index (χ1n) is 10.7. The average Bonchev–Trinajstić information content (AvgIpc) is 3.21. The molecule has 2 saturated carbocycles. The summed E-state index contributed by atoms with van der Waals surface area (Å²) in [4.78, 5) is 24.7. The fourth-order valence-electron chi connectivity index (χ4n) is 4.32. The van der Waals surface area contributed by atoms with Gasteiger partial charge in [0.15, 0.2) is 0 Å². The maximum absolute atomic E-state index is 12.5. The molecular weight excluding hydrogens is 354 g/mol. The lowest BCUT2D eigenvalue weighted by atomic mass is 9.85. The molecular formula is C22H33N3O3. The first-order valence-corrected chi connectivity index (χ1v) is 10.7. The first-order chi connectivity index (χ1) is 13.6. The monoisotopic (exact) mass is 387 g/mol. The van der Waals surface area contributed by atoms with Gasteiger partial charge in [0.2, 0.25) is 11.8 Å². The van der Waals surface area contributed by atoms with E-state index in [0.717, 1.165) is 37.1 Å². The predicted molar refractivity (Wildman–Crippen MR) is 110 cm³/mol. The molecule has 3 rings (SSSR count). The SMILES string of the molecule is NCCOc1ccc(NC(=O)C2CCC(NC(=O)CC3CCCC3)CC2)cc1. The van der Waals surface area contributed by atoms with Crippen molar-refractivity contribution in [3.63, 3.8) is 0 Å². The largest absolute Gasteiger partial charge is 0.492 e. The lowest BCUT2D eigenvalue weighted by Gasteiger charge is -2.28. The molecule has 0 bridgehead atoms. The minimum atomic E-state index is 0.0103. The van der Waals surface area contributed by atoms with Gasteiger partial charge in [0.1, 0.15) is 12.4 Å². The van der Waals surface area contributed by atoms with Crippen LogP contribution in [0, 0.1) is 11.8 Å². The number of carbonyl (C=O) groups is 2.